The SMILES string of the molecule is CCCNC(=O)c1cccc(NCc2cccnc2)c1. The number of nitrogens with one attached hydrogen (secondary N) is 2. The molecule has 1 aromatic carbocycles. The molecule has 0 saturated carbocycles. The third-order valence-electron chi connectivity index (χ3n) is 2.88. The van der Waals surface area contributed by atoms with E-state index in [-0.39, 0.29) is 5.91 Å². The molecule has 0 fully saturated rings. The number of amides is 1. The maximum Gasteiger partial charge on any atom is 0.251 e. The molecule has 0 radical (unpaired) electrons. The fourth-order valence-corrected chi connectivity index (χ4v) is 1.82. The molecule has 4 nitrogen and oxygen atoms in total. The summed E-state index contributed by atoms with van der Waals surface area (Å²) in [6.07, 6.45) is 4.51. The molecule has 2 rings (SSSR count). The van der Waals surface area contributed by atoms with Gasteiger partial charge < -0.3 is 10.6 Å². The highest BCUT2D eigenvalue weighted by Crippen LogP contribution is 2.12. The van der Waals surface area contributed by atoms with Gasteiger partial charge in [-0.25, -0.2) is 0 Å². The lowest BCUT2D eigenvalue weighted by Gasteiger charge is -2.08. The number of hydrogen-bond acceptors (Lipinski definition) is 3. The van der Waals surface area contributed by atoms with Gasteiger partial charge in [0.25, 0.3) is 5.91 Å². The molecule has 0 aliphatic carbocycles. The molecule has 0 saturated heterocycles. The fraction of sp³-hybridized carbons (Fsp3) is 0.250. The second kappa shape index (κ2) is 7.28. The molecule has 20 heavy (non-hydrogen) atoms. The maximum atomic E-state index is 11.9. The fourth-order valence-electron chi connectivity index (χ4n) is 1.82. The Bertz CT molecular complexity index is 555. The molecule has 0 atom stereocenters. The minimum absolute atomic E-state index is 0.0307. The summed E-state index contributed by atoms with van der Waals surface area (Å²) in [5.41, 5.74) is 2.71. The first-order valence-electron chi connectivity index (χ1n) is 6.80. The van der Waals surface area contributed by atoms with E-state index >= 15 is 0 Å². The number of pyridine rings is 1. The van der Waals surface area contributed by atoms with E-state index in [1.54, 1.807) is 6.20 Å². The highest BCUT2D eigenvalue weighted by Gasteiger charge is 2.04. The van der Waals surface area contributed by atoms with Crippen molar-refractivity contribution in [3.8, 4) is 0 Å². The van der Waals surface area contributed by atoms with Crippen molar-refractivity contribution in [1.82, 2.24) is 10.3 Å². The first kappa shape index (κ1) is 14.1. The summed E-state index contributed by atoms with van der Waals surface area (Å²) < 4.78 is 0. The Morgan fingerprint density at radius 1 is 1.25 bits per heavy atom. The molecule has 0 aliphatic rings. The summed E-state index contributed by atoms with van der Waals surface area (Å²) in [7, 11) is 0. The van der Waals surface area contributed by atoms with Gasteiger partial charge in [-0.3, -0.25) is 9.78 Å². The van der Waals surface area contributed by atoms with Gasteiger partial charge in [0, 0.05) is 36.7 Å². The number of nitrogens with zero attached hydrogens (tertiary/aromatic N) is 1. The van der Waals surface area contributed by atoms with Gasteiger partial charge >= 0.3 is 0 Å². The topological polar surface area (TPSA) is 54.0 Å². The Morgan fingerprint density at radius 2 is 2.15 bits per heavy atom. The molecule has 4 heteroatoms. The quantitative estimate of drug-likeness (QED) is 0.848. The van der Waals surface area contributed by atoms with Crippen LogP contribution in [-0.2, 0) is 6.54 Å². The van der Waals surface area contributed by atoms with Crippen LogP contribution in [0, 0.1) is 0 Å². The molecular formula is C16H19N3O. The van der Waals surface area contributed by atoms with Crippen LogP contribution < -0.4 is 10.6 Å². The summed E-state index contributed by atoms with van der Waals surface area (Å²) in [5.74, 6) is -0.0307. The molecular weight excluding hydrogens is 250 g/mol. The van der Waals surface area contributed by atoms with Crippen LogP contribution in [0.25, 0.3) is 0 Å². The number of benzene rings is 1. The van der Waals surface area contributed by atoms with E-state index in [1.165, 1.54) is 0 Å². The molecule has 1 amide bonds. The molecule has 1 aromatic heterocycles. The highest BCUT2D eigenvalue weighted by atomic mass is 16.1. The van der Waals surface area contributed by atoms with Crippen molar-refractivity contribution < 1.29 is 4.79 Å². The van der Waals surface area contributed by atoms with Crippen molar-refractivity contribution >= 4 is 11.6 Å². The smallest absolute Gasteiger partial charge is 0.251 e. The van der Waals surface area contributed by atoms with Gasteiger partial charge in [0.15, 0.2) is 0 Å². The Hall–Kier alpha value is -2.36. The number of carbonyl (C=O) groups is 1. The van der Waals surface area contributed by atoms with E-state index in [0.29, 0.717) is 18.7 Å². The minimum Gasteiger partial charge on any atom is -0.381 e. The maximum absolute atomic E-state index is 11.9. The zero-order chi connectivity index (χ0) is 14.2. The van der Waals surface area contributed by atoms with Gasteiger partial charge in [-0.05, 0) is 36.2 Å². The average Bonchev–Trinajstić information content (AvgIpc) is 2.52. The van der Waals surface area contributed by atoms with Crippen LogP contribution in [0.4, 0.5) is 5.69 Å². The standard InChI is InChI=1S/C16H19N3O/c1-2-8-18-16(20)14-6-3-7-15(10-14)19-12-13-5-4-9-17-11-13/h3-7,9-11,19H,2,8,12H2,1H3,(H,18,20). The van der Waals surface area contributed by atoms with Crippen LogP contribution in [0.5, 0.6) is 0 Å². The van der Waals surface area contributed by atoms with Crippen molar-refractivity contribution in [2.24, 2.45) is 0 Å². The van der Waals surface area contributed by atoms with Gasteiger partial charge in [-0.15, -0.1) is 0 Å². The normalized spacial score (nSPS) is 10.1. The first-order valence-corrected chi connectivity index (χ1v) is 6.80. The number of aromatic nitrogens is 1. The first-order chi connectivity index (χ1) is 9.79. The molecule has 0 bridgehead atoms. The van der Waals surface area contributed by atoms with E-state index in [9.17, 15) is 4.79 Å². The number of hydrogen-bond donors (Lipinski definition) is 2. The van der Waals surface area contributed by atoms with Crippen LogP contribution >= 0.6 is 0 Å². The summed E-state index contributed by atoms with van der Waals surface area (Å²) in [5, 5.41) is 6.17. The summed E-state index contributed by atoms with van der Waals surface area (Å²) >= 11 is 0. The highest BCUT2D eigenvalue weighted by molar-refractivity contribution is 5.95. The van der Waals surface area contributed by atoms with Gasteiger partial charge in [-0.2, -0.15) is 0 Å². The Kier molecular flexibility index (Phi) is 5.12. The summed E-state index contributed by atoms with van der Waals surface area (Å²) in [6, 6.07) is 11.4. The van der Waals surface area contributed by atoms with Gasteiger partial charge in [0.05, 0.1) is 0 Å². The molecule has 104 valence electrons. The number of rotatable bonds is 6. The third kappa shape index (κ3) is 4.09. The van der Waals surface area contributed by atoms with Crippen molar-refractivity contribution in [2.45, 2.75) is 19.9 Å². The minimum atomic E-state index is -0.0307. The van der Waals surface area contributed by atoms with Gasteiger partial charge in [0.1, 0.15) is 0 Å². The van der Waals surface area contributed by atoms with Crippen LogP contribution in [0.1, 0.15) is 29.3 Å². The van der Waals surface area contributed by atoms with E-state index in [0.717, 1.165) is 17.7 Å². The summed E-state index contributed by atoms with van der Waals surface area (Å²) in [4.78, 5) is 16.0. The predicted octanol–water partition coefficient (Wildman–Crippen LogP) is 2.83. The molecule has 0 unspecified atom stereocenters. The van der Waals surface area contributed by atoms with Crippen molar-refractivity contribution in [2.75, 3.05) is 11.9 Å². The Labute approximate surface area is 119 Å². The van der Waals surface area contributed by atoms with Gasteiger partial charge in [0.2, 0.25) is 0 Å². The molecule has 0 aliphatic heterocycles. The monoisotopic (exact) mass is 269 g/mol. The van der Waals surface area contributed by atoms with E-state index in [1.807, 2.05) is 49.5 Å². The number of carbonyl (C=O) groups excluding carboxylic acids is 1. The van der Waals surface area contributed by atoms with Crippen LogP contribution in [0.15, 0.2) is 48.8 Å². The predicted molar refractivity (Wildman–Crippen MR) is 80.6 cm³/mol. The van der Waals surface area contributed by atoms with E-state index in [2.05, 4.69) is 15.6 Å². The van der Waals surface area contributed by atoms with Crippen molar-refractivity contribution in [3.63, 3.8) is 0 Å². The van der Waals surface area contributed by atoms with E-state index in [4.69, 9.17) is 0 Å². The van der Waals surface area contributed by atoms with Crippen LogP contribution in [0.3, 0.4) is 0 Å². The average molecular weight is 269 g/mol. The molecule has 1 heterocycles. The Morgan fingerprint density at radius 3 is 2.90 bits per heavy atom. The molecule has 2 N–H and O–H groups in total. The lowest BCUT2D eigenvalue weighted by Crippen LogP contribution is -2.23. The molecule has 2 aromatic rings. The van der Waals surface area contributed by atoms with Crippen molar-refractivity contribution in [1.29, 1.82) is 0 Å². The van der Waals surface area contributed by atoms with Gasteiger partial charge in [-0.1, -0.05) is 19.1 Å². The van der Waals surface area contributed by atoms with Crippen LogP contribution in [0.2, 0.25) is 0 Å². The summed E-state index contributed by atoms with van der Waals surface area (Å²) in [6.45, 7) is 3.42. The lowest BCUT2D eigenvalue weighted by molar-refractivity contribution is 0.0953. The zero-order valence-electron chi connectivity index (χ0n) is 11.6. The van der Waals surface area contributed by atoms with Crippen molar-refractivity contribution in [3.05, 3.63) is 59.9 Å². The second-order valence-corrected chi connectivity index (χ2v) is 4.55. The van der Waals surface area contributed by atoms with Crippen LogP contribution in [-0.4, -0.2) is 17.4 Å². The number of anilines is 1. The second-order valence-electron chi connectivity index (χ2n) is 4.55. The Balaban J connectivity index is 1.97. The lowest BCUT2D eigenvalue weighted by atomic mass is 10.2. The third-order valence-corrected chi connectivity index (χ3v) is 2.88. The van der Waals surface area contributed by atoms with E-state index < -0.39 is 0 Å². The zero-order valence-corrected chi connectivity index (χ0v) is 11.6. The largest absolute Gasteiger partial charge is 0.381 e. The molecule has 0 spiro atoms.